The molecule has 1 aromatic heterocycles. The van der Waals surface area contributed by atoms with Gasteiger partial charge in [-0.3, -0.25) is 9.69 Å². The number of hydrogen-bond acceptors (Lipinski definition) is 6. The lowest BCUT2D eigenvalue weighted by atomic mass is 9.99. The zero-order valence-corrected chi connectivity index (χ0v) is 18.1. The van der Waals surface area contributed by atoms with E-state index in [2.05, 4.69) is 23.2 Å². The minimum Gasteiger partial charge on any atom is -0.462 e. The highest BCUT2D eigenvalue weighted by molar-refractivity contribution is 7.15. The van der Waals surface area contributed by atoms with E-state index in [9.17, 15) is 9.59 Å². The molecule has 0 aliphatic carbocycles. The Labute approximate surface area is 175 Å². The van der Waals surface area contributed by atoms with Crippen molar-refractivity contribution in [3.8, 4) is 11.1 Å². The fourth-order valence-corrected chi connectivity index (χ4v) is 4.22. The van der Waals surface area contributed by atoms with Gasteiger partial charge in [-0.05, 0) is 37.5 Å². The first-order valence-corrected chi connectivity index (χ1v) is 10.8. The van der Waals surface area contributed by atoms with Gasteiger partial charge in [0.25, 0.3) is 0 Å². The first-order valence-electron chi connectivity index (χ1n) is 9.95. The highest BCUT2D eigenvalue weighted by atomic mass is 32.1. The Morgan fingerprint density at radius 1 is 1.21 bits per heavy atom. The van der Waals surface area contributed by atoms with Crippen LogP contribution in [0.2, 0.25) is 0 Å². The van der Waals surface area contributed by atoms with Crippen LogP contribution in [0.4, 0.5) is 5.00 Å². The third kappa shape index (κ3) is 5.44. The molecule has 0 atom stereocenters. The zero-order chi connectivity index (χ0) is 20.8. The molecule has 0 saturated carbocycles. The highest BCUT2D eigenvalue weighted by Crippen LogP contribution is 2.37. The fraction of sp³-hybridized carbons (Fsp3) is 0.455. The van der Waals surface area contributed by atoms with E-state index in [1.54, 1.807) is 6.92 Å². The maximum Gasteiger partial charge on any atom is 0.341 e. The highest BCUT2D eigenvalue weighted by Gasteiger charge is 2.23. The van der Waals surface area contributed by atoms with Gasteiger partial charge in [-0.2, -0.15) is 0 Å². The van der Waals surface area contributed by atoms with E-state index < -0.39 is 5.97 Å². The van der Waals surface area contributed by atoms with Crippen molar-refractivity contribution >= 4 is 28.2 Å². The molecular weight excluding hydrogens is 388 g/mol. The van der Waals surface area contributed by atoms with Crippen molar-refractivity contribution in [2.24, 2.45) is 0 Å². The topological polar surface area (TPSA) is 67.9 Å². The van der Waals surface area contributed by atoms with E-state index in [-0.39, 0.29) is 12.5 Å². The molecule has 7 heteroatoms. The van der Waals surface area contributed by atoms with Gasteiger partial charge >= 0.3 is 5.97 Å². The molecule has 1 aromatic carbocycles. The first-order chi connectivity index (χ1) is 14.0. The van der Waals surface area contributed by atoms with Crippen LogP contribution in [0.1, 0.15) is 34.8 Å². The lowest BCUT2D eigenvalue weighted by Crippen LogP contribution is -2.38. The second kappa shape index (κ2) is 10.0. The molecule has 1 saturated heterocycles. The van der Waals surface area contributed by atoms with Crippen molar-refractivity contribution < 1.29 is 19.1 Å². The minimum atomic E-state index is -0.412. The third-order valence-electron chi connectivity index (χ3n) is 5.10. The summed E-state index contributed by atoms with van der Waals surface area (Å²) < 4.78 is 10.6. The number of hydrogen-bond donors (Lipinski definition) is 1. The summed E-state index contributed by atoms with van der Waals surface area (Å²) in [5.41, 5.74) is 4.51. The molecule has 0 radical (unpaired) electrons. The predicted molar refractivity (Wildman–Crippen MR) is 116 cm³/mol. The van der Waals surface area contributed by atoms with Crippen molar-refractivity contribution in [1.82, 2.24) is 4.90 Å². The van der Waals surface area contributed by atoms with Crippen molar-refractivity contribution in [1.29, 1.82) is 0 Å². The van der Waals surface area contributed by atoms with Crippen LogP contribution in [0.3, 0.4) is 0 Å². The minimum absolute atomic E-state index is 0.101. The van der Waals surface area contributed by atoms with E-state index in [0.29, 0.717) is 36.7 Å². The maximum atomic E-state index is 12.7. The van der Waals surface area contributed by atoms with Gasteiger partial charge in [0, 0.05) is 37.0 Å². The molecule has 156 valence electrons. The van der Waals surface area contributed by atoms with Gasteiger partial charge in [0.15, 0.2) is 0 Å². The molecule has 2 aromatic rings. The Hall–Kier alpha value is -2.22. The van der Waals surface area contributed by atoms with Gasteiger partial charge in [0.2, 0.25) is 5.91 Å². The van der Waals surface area contributed by atoms with Crippen LogP contribution in [0.5, 0.6) is 0 Å². The Balaban J connectivity index is 1.78. The molecule has 1 amide bonds. The normalized spacial score (nSPS) is 14.6. The number of morpholine rings is 1. The number of nitrogens with one attached hydrogen (secondary N) is 1. The molecular formula is C22H28N2O4S. The van der Waals surface area contributed by atoms with E-state index in [1.165, 1.54) is 16.9 Å². The largest absolute Gasteiger partial charge is 0.462 e. The van der Waals surface area contributed by atoms with Crippen LogP contribution in [0.25, 0.3) is 11.1 Å². The summed E-state index contributed by atoms with van der Waals surface area (Å²) in [6, 6.07) is 6.10. The number of nitrogens with zero attached hydrogens (tertiary/aromatic N) is 1. The summed E-state index contributed by atoms with van der Waals surface area (Å²) in [4.78, 5) is 27.4. The number of amides is 1. The fourth-order valence-electron chi connectivity index (χ4n) is 3.25. The van der Waals surface area contributed by atoms with E-state index in [0.717, 1.165) is 29.8 Å². The number of anilines is 1. The summed E-state index contributed by atoms with van der Waals surface area (Å²) in [5.74, 6) is -0.513. The molecule has 0 bridgehead atoms. The van der Waals surface area contributed by atoms with Crippen molar-refractivity contribution in [2.45, 2.75) is 27.2 Å². The summed E-state index contributed by atoms with van der Waals surface area (Å²) >= 11 is 1.36. The molecule has 1 aliphatic heterocycles. The van der Waals surface area contributed by atoms with Crippen molar-refractivity contribution in [3.05, 3.63) is 40.3 Å². The van der Waals surface area contributed by atoms with Gasteiger partial charge in [-0.15, -0.1) is 11.3 Å². The van der Waals surface area contributed by atoms with Crippen LogP contribution < -0.4 is 5.32 Å². The SMILES string of the molecule is CCOC(=O)c1c(-c2ccc(C)c(C)c2)csc1NC(=O)CCN1CCOCC1. The van der Waals surface area contributed by atoms with E-state index in [4.69, 9.17) is 9.47 Å². The Morgan fingerprint density at radius 2 is 1.97 bits per heavy atom. The number of benzene rings is 1. The van der Waals surface area contributed by atoms with Crippen LogP contribution in [0, 0.1) is 13.8 Å². The average molecular weight is 417 g/mol. The lowest BCUT2D eigenvalue weighted by Gasteiger charge is -2.26. The summed E-state index contributed by atoms with van der Waals surface area (Å²) in [7, 11) is 0. The van der Waals surface area contributed by atoms with E-state index >= 15 is 0 Å². The Morgan fingerprint density at radius 3 is 2.66 bits per heavy atom. The predicted octanol–water partition coefficient (Wildman–Crippen LogP) is 3.87. The number of rotatable bonds is 7. The number of ether oxygens (including phenoxy) is 2. The van der Waals surface area contributed by atoms with Crippen LogP contribution >= 0.6 is 11.3 Å². The number of carbonyl (C=O) groups excluding carboxylic acids is 2. The molecule has 1 N–H and O–H groups in total. The second-order valence-electron chi connectivity index (χ2n) is 7.13. The molecule has 0 spiro atoms. The number of esters is 1. The Bertz CT molecular complexity index is 872. The van der Waals surface area contributed by atoms with Gasteiger partial charge in [-0.25, -0.2) is 4.79 Å². The van der Waals surface area contributed by atoms with E-state index in [1.807, 2.05) is 24.4 Å². The van der Waals surface area contributed by atoms with Crippen molar-refractivity contribution in [2.75, 3.05) is 44.8 Å². The summed E-state index contributed by atoms with van der Waals surface area (Å²) in [6.07, 6.45) is 0.374. The van der Waals surface area contributed by atoms with Crippen LogP contribution in [-0.2, 0) is 14.3 Å². The molecule has 2 heterocycles. The summed E-state index contributed by atoms with van der Waals surface area (Å²) in [5, 5.41) is 5.38. The van der Waals surface area contributed by atoms with Crippen LogP contribution in [0.15, 0.2) is 23.6 Å². The smallest absolute Gasteiger partial charge is 0.341 e. The van der Waals surface area contributed by atoms with Gasteiger partial charge in [0.1, 0.15) is 10.6 Å². The molecule has 0 unspecified atom stereocenters. The molecule has 3 rings (SSSR count). The standard InChI is InChI=1S/C22H28N2O4S/c1-4-28-22(26)20-18(17-6-5-15(2)16(3)13-17)14-29-21(20)23-19(25)7-8-24-9-11-27-12-10-24/h5-6,13-14H,4,7-12H2,1-3H3,(H,23,25). The van der Waals surface area contributed by atoms with Gasteiger partial charge < -0.3 is 14.8 Å². The number of thiophene rings is 1. The lowest BCUT2D eigenvalue weighted by molar-refractivity contribution is -0.116. The quantitative estimate of drug-likeness (QED) is 0.694. The maximum absolute atomic E-state index is 12.7. The first kappa shape index (κ1) is 21.5. The number of carbonyl (C=O) groups is 2. The van der Waals surface area contributed by atoms with Crippen molar-refractivity contribution in [3.63, 3.8) is 0 Å². The monoisotopic (exact) mass is 416 g/mol. The molecule has 29 heavy (non-hydrogen) atoms. The number of aryl methyl sites for hydroxylation is 2. The average Bonchev–Trinajstić information content (AvgIpc) is 3.13. The molecule has 6 nitrogen and oxygen atoms in total. The summed E-state index contributed by atoms with van der Waals surface area (Å²) in [6.45, 7) is 9.94. The van der Waals surface area contributed by atoms with Gasteiger partial charge in [-0.1, -0.05) is 18.2 Å². The van der Waals surface area contributed by atoms with Gasteiger partial charge in [0.05, 0.1) is 19.8 Å². The Kier molecular flexibility index (Phi) is 7.41. The third-order valence-corrected chi connectivity index (χ3v) is 6.00. The molecule has 1 aliphatic rings. The zero-order valence-electron chi connectivity index (χ0n) is 17.2. The second-order valence-corrected chi connectivity index (χ2v) is 8.00. The molecule has 1 fully saturated rings. The van der Waals surface area contributed by atoms with Crippen LogP contribution in [-0.4, -0.2) is 56.2 Å².